The van der Waals surface area contributed by atoms with E-state index in [2.05, 4.69) is 0 Å². The van der Waals surface area contributed by atoms with E-state index in [0.717, 1.165) is 25.9 Å². The second kappa shape index (κ2) is 9.89. The number of aromatic hydroxyl groups is 1. The summed E-state index contributed by atoms with van der Waals surface area (Å²) < 4.78 is 11.4. The molecule has 2 aromatic rings. The molecule has 0 aliphatic carbocycles. The maximum atomic E-state index is 12.8. The molecule has 0 radical (unpaired) electrons. The van der Waals surface area contributed by atoms with Gasteiger partial charge in [-0.15, -0.1) is 0 Å². The molecule has 28 heavy (non-hydrogen) atoms. The Kier molecular flexibility index (Phi) is 7.29. The molecule has 0 bridgehead atoms. The Morgan fingerprint density at radius 1 is 1.00 bits per heavy atom. The third-order valence-corrected chi connectivity index (χ3v) is 5.10. The second-order valence-electron chi connectivity index (χ2n) is 6.64. The fraction of sp³-hybridized carbons (Fsp3) is 0.381. The molecule has 7 heteroatoms. The first kappa shape index (κ1) is 20.6. The maximum Gasteiger partial charge on any atom is 0.257 e. The molecule has 0 saturated carbocycles. The summed E-state index contributed by atoms with van der Waals surface area (Å²) in [6.45, 7) is 2.33. The standard InChI is InChI=1S/C21H23Cl2NO4/c22-17-13-15(25)14-18(23)20(17)28-12-6-11-27-19-8-3-2-7-16(19)21(26)24-9-4-1-5-10-24/h2-3,7-8,13-14,25H,1,4-6,9-12H2. The highest BCUT2D eigenvalue weighted by atomic mass is 35.5. The molecule has 1 aliphatic rings. The number of likely N-dealkylation sites (tertiary alicyclic amines) is 1. The normalized spacial score (nSPS) is 14.0. The van der Waals surface area contributed by atoms with Gasteiger partial charge in [0, 0.05) is 31.6 Å². The highest BCUT2D eigenvalue weighted by Gasteiger charge is 2.21. The third-order valence-electron chi connectivity index (χ3n) is 4.54. The van der Waals surface area contributed by atoms with Crippen LogP contribution in [0.4, 0.5) is 0 Å². The van der Waals surface area contributed by atoms with E-state index < -0.39 is 0 Å². The van der Waals surface area contributed by atoms with Gasteiger partial charge in [0.2, 0.25) is 0 Å². The summed E-state index contributed by atoms with van der Waals surface area (Å²) in [6, 6.07) is 10.1. The van der Waals surface area contributed by atoms with Gasteiger partial charge in [-0.2, -0.15) is 0 Å². The molecule has 1 saturated heterocycles. The number of phenolic OH excluding ortho intramolecular Hbond substituents is 1. The van der Waals surface area contributed by atoms with Crippen LogP contribution < -0.4 is 9.47 Å². The zero-order valence-electron chi connectivity index (χ0n) is 15.5. The molecule has 1 heterocycles. The highest BCUT2D eigenvalue weighted by molar-refractivity contribution is 6.37. The minimum absolute atomic E-state index is 0.0133. The Morgan fingerprint density at radius 2 is 1.64 bits per heavy atom. The second-order valence-corrected chi connectivity index (χ2v) is 7.45. The van der Waals surface area contributed by atoms with Crippen LogP contribution in [0, 0.1) is 0 Å². The Bertz CT molecular complexity index is 799. The number of amides is 1. The van der Waals surface area contributed by atoms with Gasteiger partial charge in [0.15, 0.2) is 5.75 Å². The van der Waals surface area contributed by atoms with Crippen LogP contribution in [0.2, 0.25) is 10.0 Å². The zero-order valence-corrected chi connectivity index (χ0v) is 17.0. The SMILES string of the molecule is O=C(c1ccccc1OCCCOc1c(Cl)cc(O)cc1Cl)N1CCCCC1. The number of halogens is 2. The Balaban J connectivity index is 1.52. The largest absolute Gasteiger partial charge is 0.508 e. The molecule has 1 N–H and O–H groups in total. The van der Waals surface area contributed by atoms with Gasteiger partial charge in [-0.3, -0.25) is 4.79 Å². The topological polar surface area (TPSA) is 59.0 Å². The summed E-state index contributed by atoms with van der Waals surface area (Å²) >= 11 is 12.1. The molecule has 2 aromatic carbocycles. The van der Waals surface area contributed by atoms with Crippen LogP contribution in [0.15, 0.2) is 36.4 Å². The first-order valence-electron chi connectivity index (χ1n) is 9.38. The molecular weight excluding hydrogens is 401 g/mol. The van der Waals surface area contributed by atoms with Crippen molar-refractivity contribution in [3.05, 3.63) is 52.0 Å². The van der Waals surface area contributed by atoms with E-state index in [9.17, 15) is 9.90 Å². The summed E-state index contributed by atoms with van der Waals surface area (Å²) in [4.78, 5) is 14.7. The van der Waals surface area contributed by atoms with Crippen LogP contribution >= 0.6 is 23.2 Å². The van der Waals surface area contributed by atoms with Crippen LogP contribution in [0.1, 0.15) is 36.0 Å². The first-order chi connectivity index (χ1) is 13.6. The van der Waals surface area contributed by atoms with Gasteiger partial charge in [0.25, 0.3) is 5.91 Å². The summed E-state index contributed by atoms with van der Waals surface area (Å²) in [5.41, 5.74) is 0.593. The van der Waals surface area contributed by atoms with Crippen molar-refractivity contribution in [2.24, 2.45) is 0 Å². The van der Waals surface area contributed by atoms with Crippen LogP contribution in [-0.2, 0) is 0 Å². The summed E-state index contributed by atoms with van der Waals surface area (Å²) in [6.07, 6.45) is 3.86. The number of carbonyl (C=O) groups is 1. The Morgan fingerprint density at radius 3 is 2.36 bits per heavy atom. The number of ether oxygens (including phenoxy) is 2. The third kappa shape index (κ3) is 5.24. The van der Waals surface area contributed by atoms with E-state index >= 15 is 0 Å². The molecule has 1 fully saturated rings. The van der Waals surface area contributed by atoms with Crippen LogP contribution in [0.25, 0.3) is 0 Å². The minimum Gasteiger partial charge on any atom is -0.508 e. The summed E-state index contributed by atoms with van der Waals surface area (Å²) in [7, 11) is 0. The van der Waals surface area contributed by atoms with Crippen molar-refractivity contribution in [2.75, 3.05) is 26.3 Å². The lowest BCUT2D eigenvalue weighted by atomic mass is 10.1. The number of nitrogens with zero attached hydrogens (tertiary/aromatic N) is 1. The number of benzene rings is 2. The van der Waals surface area contributed by atoms with Gasteiger partial charge in [-0.1, -0.05) is 35.3 Å². The highest BCUT2D eigenvalue weighted by Crippen LogP contribution is 2.36. The fourth-order valence-electron chi connectivity index (χ4n) is 3.14. The van der Waals surface area contributed by atoms with Gasteiger partial charge in [-0.25, -0.2) is 0 Å². The molecule has 0 aromatic heterocycles. The van der Waals surface area contributed by atoms with E-state index in [-0.39, 0.29) is 21.7 Å². The predicted octanol–water partition coefficient (Wildman–Crippen LogP) is 5.17. The van der Waals surface area contributed by atoms with E-state index in [0.29, 0.717) is 36.7 Å². The number of carbonyl (C=O) groups excluding carboxylic acids is 1. The number of piperidine rings is 1. The fourth-order valence-corrected chi connectivity index (χ4v) is 3.72. The zero-order chi connectivity index (χ0) is 19.9. The lowest BCUT2D eigenvalue weighted by molar-refractivity contribution is 0.0719. The number of para-hydroxylation sites is 1. The van der Waals surface area contributed by atoms with Crippen molar-refractivity contribution >= 4 is 29.1 Å². The van der Waals surface area contributed by atoms with Gasteiger partial charge in [0.1, 0.15) is 11.5 Å². The van der Waals surface area contributed by atoms with Crippen molar-refractivity contribution in [3.8, 4) is 17.2 Å². The molecule has 0 spiro atoms. The molecule has 3 rings (SSSR count). The molecule has 5 nitrogen and oxygen atoms in total. The molecule has 1 aliphatic heterocycles. The summed E-state index contributed by atoms with van der Waals surface area (Å²) in [5, 5.41) is 9.95. The van der Waals surface area contributed by atoms with Crippen LogP contribution in [0.3, 0.4) is 0 Å². The lowest BCUT2D eigenvalue weighted by Gasteiger charge is -2.27. The molecule has 150 valence electrons. The van der Waals surface area contributed by atoms with Gasteiger partial charge in [-0.05, 0) is 31.4 Å². The molecule has 0 unspecified atom stereocenters. The van der Waals surface area contributed by atoms with Crippen molar-refractivity contribution in [1.82, 2.24) is 4.90 Å². The van der Waals surface area contributed by atoms with Gasteiger partial charge >= 0.3 is 0 Å². The molecular formula is C21H23Cl2NO4. The predicted molar refractivity (Wildman–Crippen MR) is 110 cm³/mol. The van der Waals surface area contributed by atoms with Gasteiger partial charge < -0.3 is 19.5 Å². The number of hydrogen-bond acceptors (Lipinski definition) is 4. The smallest absolute Gasteiger partial charge is 0.257 e. The van der Waals surface area contributed by atoms with Crippen molar-refractivity contribution < 1.29 is 19.4 Å². The van der Waals surface area contributed by atoms with Gasteiger partial charge in [0.05, 0.1) is 28.8 Å². The maximum absolute atomic E-state index is 12.8. The number of rotatable bonds is 7. The van der Waals surface area contributed by atoms with Crippen molar-refractivity contribution in [3.63, 3.8) is 0 Å². The van der Waals surface area contributed by atoms with E-state index in [1.165, 1.54) is 18.6 Å². The first-order valence-corrected chi connectivity index (χ1v) is 10.1. The number of phenols is 1. The number of hydrogen-bond donors (Lipinski definition) is 1. The minimum atomic E-state index is -0.0133. The van der Waals surface area contributed by atoms with Crippen molar-refractivity contribution in [2.45, 2.75) is 25.7 Å². The van der Waals surface area contributed by atoms with E-state index in [1.54, 1.807) is 6.07 Å². The molecule has 0 atom stereocenters. The average Bonchev–Trinajstić information content (AvgIpc) is 2.70. The molecule has 1 amide bonds. The van der Waals surface area contributed by atoms with Crippen molar-refractivity contribution in [1.29, 1.82) is 0 Å². The summed E-state index contributed by atoms with van der Waals surface area (Å²) in [5.74, 6) is 0.926. The quantitative estimate of drug-likeness (QED) is 0.623. The van der Waals surface area contributed by atoms with Crippen LogP contribution in [-0.4, -0.2) is 42.2 Å². The van der Waals surface area contributed by atoms with E-state index in [4.69, 9.17) is 32.7 Å². The average molecular weight is 424 g/mol. The van der Waals surface area contributed by atoms with E-state index in [1.807, 2.05) is 23.1 Å². The van der Waals surface area contributed by atoms with Crippen LogP contribution in [0.5, 0.6) is 17.2 Å². The Hall–Kier alpha value is -2.11. The lowest BCUT2D eigenvalue weighted by Crippen LogP contribution is -2.35. The Labute approximate surface area is 174 Å². The monoisotopic (exact) mass is 423 g/mol.